The first-order valence-electron chi connectivity index (χ1n) is 10.6. The molecule has 0 atom stereocenters. The number of rotatable bonds is 4. The van der Waals surface area contributed by atoms with Gasteiger partial charge in [0.15, 0.2) is 5.82 Å². The number of benzene rings is 1. The minimum absolute atomic E-state index is 0.0750. The zero-order chi connectivity index (χ0) is 19.5. The molecule has 0 spiro atoms. The van der Waals surface area contributed by atoms with Gasteiger partial charge in [-0.2, -0.15) is 0 Å². The van der Waals surface area contributed by atoms with E-state index in [0.29, 0.717) is 17.4 Å². The second-order valence-corrected chi connectivity index (χ2v) is 8.20. The Morgan fingerprint density at radius 1 is 1.11 bits per heavy atom. The van der Waals surface area contributed by atoms with Gasteiger partial charge in [0.25, 0.3) is 5.91 Å². The van der Waals surface area contributed by atoms with Crippen LogP contribution >= 0.6 is 0 Å². The second kappa shape index (κ2) is 8.29. The van der Waals surface area contributed by atoms with E-state index in [0.717, 1.165) is 50.2 Å². The lowest BCUT2D eigenvalue weighted by atomic mass is 9.94. The summed E-state index contributed by atoms with van der Waals surface area (Å²) in [7, 11) is 2.10. The van der Waals surface area contributed by atoms with E-state index in [2.05, 4.69) is 36.0 Å². The molecular formula is C23H30N4O. The van der Waals surface area contributed by atoms with E-state index in [-0.39, 0.29) is 5.91 Å². The van der Waals surface area contributed by atoms with Gasteiger partial charge in [0.05, 0.1) is 0 Å². The fourth-order valence-electron chi connectivity index (χ4n) is 4.45. The molecule has 1 aromatic carbocycles. The number of likely N-dealkylation sites (tertiary alicyclic amines) is 1. The minimum atomic E-state index is 0.0750. The summed E-state index contributed by atoms with van der Waals surface area (Å²) in [6, 6.07) is 8.68. The van der Waals surface area contributed by atoms with Crippen molar-refractivity contribution in [2.45, 2.75) is 57.9 Å². The molecule has 2 aliphatic rings. The summed E-state index contributed by atoms with van der Waals surface area (Å²) in [5.74, 6) is 1.56. The predicted molar refractivity (Wildman–Crippen MR) is 113 cm³/mol. The van der Waals surface area contributed by atoms with E-state index in [1.165, 1.54) is 24.8 Å². The lowest BCUT2D eigenvalue weighted by Gasteiger charge is -2.33. The molecule has 148 valence electrons. The molecule has 2 fully saturated rings. The maximum atomic E-state index is 13.2. The van der Waals surface area contributed by atoms with E-state index in [1.54, 1.807) is 6.20 Å². The summed E-state index contributed by atoms with van der Waals surface area (Å²) in [6.07, 6.45) is 10.1. The van der Waals surface area contributed by atoms with Crippen LogP contribution in [-0.4, -0.2) is 47.0 Å². The first kappa shape index (κ1) is 18.9. The van der Waals surface area contributed by atoms with Crippen molar-refractivity contribution in [1.29, 1.82) is 0 Å². The van der Waals surface area contributed by atoms with Crippen molar-refractivity contribution in [3.05, 3.63) is 41.6 Å². The van der Waals surface area contributed by atoms with Gasteiger partial charge in [-0.15, -0.1) is 0 Å². The fourth-order valence-corrected chi connectivity index (χ4v) is 4.45. The fraction of sp³-hybridized carbons (Fsp3) is 0.522. The first-order chi connectivity index (χ1) is 13.6. The van der Waals surface area contributed by atoms with Crippen LogP contribution in [0, 0.1) is 6.92 Å². The molecule has 28 heavy (non-hydrogen) atoms. The van der Waals surface area contributed by atoms with E-state index in [4.69, 9.17) is 4.98 Å². The highest BCUT2D eigenvalue weighted by atomic mass is 16.2. The zero-order valence-corrected chi connectivity index (χ0v) is 17.0. The van der Waals surface area contributed by atoms with Crippen molar-refractivity contribution in [2.75, 3.05) is 25.0 Å². The molecule has 5 heteroatoms. The van der Waals surface area contributed by atoms with Crippen LogP contribution in [0.3, 0.4) is 0 Å². The van der Waals surface area contributed by atoms with Crippen LogP contribution in [0.25, 0.3) is 11.4 Å². The summed E-state index contributed by atoms with van der Waals surface area (Å²) >= 11 is 0. The molecule has 0 radical (unpaired) electrons. The van der Waals surface area contributed by atoms with Crippen molar-refractivity contribution in [1.82, 2.24) is 14.9 Å². The second-order valence-electron chi connectivity index (χ2n) is 8.20. The van der Waals surface area contributed by atoms with Crippen LogP contribution in [0.15, 0.2) is 30.5 Å². The summed E-state index contributed by atoms with van der Waals surface area (Å²) < 4.78 is 0. The molecule has 1 aromatic heterocycles. The third-order valence-electron chi connectivity index (χ3n) is 6.13. The van der Waals surface area contributed by atoms with Gasteiger partial charge in [-0.1, -0.05) is 43.0 Å². The average molecular weight is 379 g/mol. The normalized spacial score (nSPS) is 17.7. The van der Waals surface area contributed by atoms with Gasteiger partial charge in [0.2, 0.25) is 0 Å². The summed E-state index contributed by atoms with van der Waals surface area (Å²) in [6.45, 7) is 3.75. The minimum Gasteiger partial charge on any atom is -0.356 e. The first-order valence-corrected chi connectivity index (χ1v) is 10.6. The van der Waals surface area contributed by atoms with Crippen LogP contribution < -0.4 is 4.90 Å². The van der Waals surface area contributed by atoms with Gasteiger partial charge in [-0.05, 0) is 38.7 Å². The molecule has 1 aliphatic carbocycles. The molecule has 0 unspecified atom stereocenters. The van der Waals surface area contributed by atoms with Gasteiger partial charge in [-0.3, -0.25) is 4.79 Å². The van der Waals surface area contributed by atoms with Crippen LogP contribution in [0.2, 0.25) is 0 Å². The lowest BCUT2D eigenvalue weighted by Crippen LogP contribution is -2.37. The smallest absolute Gasteiger partial charge is 0.259 e. The number of carbonyl (C=O) groups excluding carboxylic acids is 1. The standard InChI is InChI=1S/C23H30N4O/c1-17-9-8-10-18(15-17)21-24-16-20(23(28)27-13-6-7-14-27)22(25-21)26(2)19-11-4-3-5-12-19/h8-10,15-16,19H,3-7,11-14H2,1-2H3. The Balaban J connectivity index is 1.73. The van der Waals surface area contributed by atoms with Crippen LogP contribution in [0.4, 0.5) is 5.82 Å². The van der Waals surface area contributed by atoms with Crippen molar-refractivity contribution in [3.63, 3.8) is 0 Å². The topological polar surface area (TPSA) is 49.3 Å². The highest BCUT2D eigenvalue weighted by Gasteiger charge is 2.28. The molecule has 1 amide bonds. The molecule has 1 saturated carbocycles. The summed E-state index contributed by atoms with van der Waals surface area (Å²) in [5.41, 5.74) is 2.82. The quantitative estimate of drug-likeness (QED) is 0.788. The molecule has 0 bridgehead atoms. The molecule has 1 aliphatic heterocycles. The third-order valence-corrected chi connectivity index (χ3v) is 6.13. The van der Waals surface area contributed by atoms with Crippen molar-refractivity contribution in [3.8, 4) is 11.4 Å². The Bertz CT molecular complexity index is 838. The summed E-state index contributed by atoms with van der Waals surface area (Å²) in [5, 5.41) is 0. The van der Waals surface area contributed by atoms with Crippen LogP contribution in [0.1, 0.15) is 60.9 Å². The summed E-state index contributed by atoms with van der Waals surface area (Å²) in [4.78, 5) is 26.9. The molecule has 4 rings (SSSR count). The molecule has 1 saturated heterocycles. The SMILES string of the molecule is Cc1cccc(-c2ncc(C(=O)N3CCCC3)c(N(C)C3CCCCC3)n2)c1. The van der Waals surface area contributed by atoms with Crippen molar-refractivity contribution < 1.29 is 4.79 Å². The lowest BCUT2D eigenvalue weighted by molar-refractivity contribution is 0.0792. The Morgan fingerprint density at radius 2 is 1.86 bits per heavy atom. The maximum Gasteiger partial charge on any atom is 0.259 e. The number of hydrogen-bond donors (Lipinski definition) is 0. The van der Waals surface area contributed by atoms with Gasteiger partial charge in [-0.25, -0.2) is 9.97 Å². The van der Waals surface area contributed by atoms with E-state index in [1.807, 2.05) is 17.0 Å². The molecule has 0 N–H and O–H groups in total. The number of anilines is 1. The predicted octanol–water partition coefficient (Wildman–Crippen LogP) is 4.46. The molecule has 2 heterocycles. The van der Waals surface area contributed by atoms with Crippen LogP contribution in [-0.2, 0) is 0 Å². The van der Waals surface area contributed by atoms with Gasteiger partial charge in [0.1, 0.15) is 11.4 Å². The average Bonchev–Trinajstić information content (AvgIpc) is 3.28. The van der Waals surface area contributed by atoms with Gasteiger partial charge in [0, 0.05) is 37.9 Å². The largest absolute Gasteiger partial charge is 0.356 e. The Labute approximate surface area is 167 Å². The molecule has 2 aromatic rings. The highest BCUT2D eigenvalue weighted by molar-refractivity contribution is 5.99. The number of hydrogen-bond acceptors (Lipinski definition) is 4. The third kappa shape index (κ3) is 3.89. The number of nitrogens with zero attached hydrogens (tertiary/aromatic N) is 4. The van der Waals surface area contributed by atoms with Gasteiger partial charge < -0.3 is 9.80 Å². The molecule has 5 nitrogen and oxygen atoms in total. The van der Waals surface area contributed by atoms with Crippen molar-refractivity contribution in [2.24, 2.45) is 0 Å². The van der Waals surface area contributed by atoms with E-state index in [9.17, 15) is 4.79 Å². The maximum absolute atomic E-state index is 13.2. The number of aryl methyl sites for hydroxylation is 1. The number of aromatic nitrogens is 2. The van der Waals surface area contributed by atoms with Crippen LogP contribution in [0.5, 0.6) is 0 Å². The van der Waals surface area contributed by atoms with Gasteiger partial charge >= 0.3 is 0 Å². The number of carbonyl (C=O) groups is 1. The Morgan fingerprint density at radius 3 is 2.57 bits per heavy atom. The number of amides is 1. The van der Waals surface area contributed by atoms with E-state index < -0.39 is 0 Å². The zero-order valence-electron chi connectivity index (χ0n) is 17.0. The van der Waals surface area contributed by atoms with E-state index >= 15 is 0 Å². The van der Waals surface area contributed by atoms with Crippen molar-refractivity contribution >= 4 is 11.7 Å². The highest BCUT2D eigenvalue weighted by Crippen LogP contribution is 2.30. The molecular weight excluding hydrogens is 348 g/mol. The monoisotopic (exact) mass is 378 g/mol. The Hall–Kier alpha value is -2.43. The Kier molecular flexibility index (Phi) is 5.60.